The van der Waals surface area contributed by atoms with E-state index < -0.39 is 0 Å². The van der Waals surface area contributed by atoms with Crippen LogP contribution in [0.5, 0.6) is 5.75 Å². The van der Waals surface area contributed by atoms with Gasteiger partial charge in [0.05, 0.1) is 7.11 Å². The molecule has 2 nitrogen and oxygen atoms in total. The van der Waals surface area contributed by atoms with Crippen LogP contribution >= 0.6 is 0 Å². The zero-order chi connectivity index (χ0) is 13.7. The Morgan fingerprint density at radius 2 is 1.94 bits per heavy atom. The molecule has 0 spiro atoms. The van der Waals surface area contributed by atoms with Gasteiger partial charge in [0.1, 0.15) is 5.75 Å². The van der Waals surface area contributed by atoms with E-state index in [2.05, 4.69) is 45.1 Å². The molecule has 0 saturated carbocycles. The van der Waals surface area contributed by atoms with Crippen LogP contribution in [0.4, 0.5) is 0 Å². The molecule has 0 saturated heterocycles. The fourth-order valence-electron chi connectivity index (χ4n) is 2.70. The molecule has 18 heavy (non-hydrogen) atoms. The molecule has 1 N–H and O–H groups in total. The van der Waals surface area contributed by atoms with Crippen LogP contribution in [0.3, 0.4) is 0 Å². The Balaban J connectivity index is 3.17. The summed E-state index contributed by atoms with van der Waals surface area (Å²) in [5, 5.41) is 3.44. The fourth-order valence-corrected chi connectivity index (χ4v) is 2.70. The maximum atomic E-state index is 5.63. The van der Waals surface area contributed by atoms with Crippen molar-refractivity contribution in [1.82, 2.24) is 5.32 Å². The predicted molar refractivity (Wildman–Crippen MR) is 78.3 cm³/mol. The fraction of sp³-hybridized carbons (Fsp3) is 0.625. The molecule has 102 valence electrons. The second kappa shape index (κ2) is 6.79. The molecule has 0 radical (unpaired) electrons. The minimum atomic E-state index is 0.360. The molecule has 2 unspecified atom stereocenters. The highest BCUT2D eigenvalue weighted by Crippen LogP contribution is 2.35. The Labute approximate surface area is 112 Å². The van der Waals surface area contributed by atoms with Gasteiger partial charge < -0.3 is 10.1 Å². The van der Waals surface area contributed by atoms with Crippen molar-refractivity contribution in [3.63, 3.8) is 0 Å². The van der Waals surface area contributed by atoms with Crippen molar-refractivity contribution in [3.8, 4) is 5.75 Å². The molecule has 0 aliphatic rings. The summed E-state index contributed by atoms with van der Waals surface area (Å²) < 4.78 is 5.63. The number of benzene rings is 1. The summed E-state index contributed by atoms with van der Waals surface area (Å²) in [6.45, 7) is 8.81. The van der Waals surface area contributed by atoms with Crippen LogP contribution in [0, 0.1) is 19.8 Å². The summed E-state index contributed by atoms with van der Waals surface area (Å²) in [6, 6.07) is 4.75. The van der Waals surface area contributed by atoms with Crippen molar-refractivity contribution in [2.75, 3.05) is 14.2 Å². The van der Waals surface area contributed by atoms with Crippen molar-refractivity contribution in [1.29, 1.82) is 0 Å². The summed E-state index contributed by atoms with van der Waals surface area (Å²) in [5.41, 5.74) is 3.82. The number of methoxy groups -OCH3 is 1. The average molecular weight is 249 g/mol. The summed E-state index contributed by atoms with van der Waals surface area (Å²) in [5.74, 6) is 1.65. The maximum absolute atomic E-state index is 5.63. The van der Waals surface area contributed by atoms with Gasteiger partial charge in [-0.15, -0.1) is 0 Å². The lowest BCUT2D eigenvalue weighted by molar-refractivity contribution is 0.355. The number of hydrogen-bond donors (Lipinski definition) is 1. The molecular formula is C16H27NO. The van der Waals surface area contributed by atoms with Gasteiger partial charge in [0.2, 0.25) is 0 Å². The van der Waals surface area contributed by atoms with E-state index >= 15 is 0 Å². The van der Waals surface area contributed by atoms with Crippen LogP contribution in [-0.4, -0.2) is 14.2 Å². The average Bonchev–Trinajstić information content (AvgIpc) is 2.35. The van der Waals surface area contributed by atoms with Crippen LogP contribution in [0.2, 0.25) is 0 Å². The third-order valence-corrected chi connectivity index (χ3v) is 3.87. The normalized spacial score (nSPS) is 14.3. The SMILES string of the molecule is CCCC(C)C(NC)c1ccc(C)c(C)c1OC. The predicted octanol–water partition coefficient (Wildman–Crippen LogP) is 4.01. The van der Waals surface area contributed by atoms with Gasteiger partial charge in [-0.3, -0.25) is 0 Å². The number of nitrogens with one attached hydrogen (secondary N) is 1. The van der Waals surface area contributed by atoms with Crippen molar-refractivity contribution in [2.45, 2.75) is 46.6 Å². The van der Waals surface area contributed by atoms with Crippen LogP contribution in [-0.2, 0) is 0 Å². The maximum Gasteiger partial charge on any atom is 0.126 e. The van der Waals surface area contributed by atoms with Crippen molar-refractivity contribution < 1.29 is 4.74 Å². The van der Waals surface area contributed by atoms with Crippen LogP contribution in [0.1, 0.15) is 49.4 Å². The Morgan fingerprint density at radius 3 is 2.44 bits per heavy atom. The zero-order valence-electron chi connectivity index (χ0n) is 12.6. The van der Waals surface area contributed by atoms with Gasteiger partial charge >= 0.3 is 0 Å². The molecule has 1 rings (SSSR count). The molecule has 0 fully saturated rings. The lowest BCUT2D eigenvalue weighted by atomic mass is 9.88. The molecule has 1 aromatic carbocycles. The first kappa shape index (κ1) is 15.0. The number of ether oxygens (including phenoxy) is 1. The number of rotatable bonds is 6. The third kappa shape index (κ3) is 3.05. The number of aryl methyl sites for hydroxylation is 1. The van der Waals surface area contributed by atoms with Gasteiger partial charge in [0.15, 0.2) is 0 Å². The first-order chi connectivity index (χ1) is 8.56. The molecule has 2 heteroatoms. The van der Waals surface area contributed by atoms with E-state index in [4.69, 9.17) is 4.74 Å². The minimum absolute atomic E-state index is 0.360. The summed E-state index contributed by atoms with van der Waals surface area (Å²) in [6.07, 6.45) is 2.44. The summed E-state index contributed by atoms with van der Waals surface area (Å²) >= 11 is 0. The lowest BCUT2D eigenvalue weighted by Crippen LogP contribution is -2.24. The Morgan fingerprint density at radius 1 is 1.28 bits per heavy atom. The first-order valence-corrected chi connectivity index (χ1v) is 6.88. The van der Waals surface area contributed by atoms with E-state index in [1.807, 2.05) is 7.05 Å². The largest absolute Gasteiger partial charge is 0.496 e. The van der Waals surface area contributed by atoms with Crippen molar-refractivity contribution in [2.24, 2.45) is 5.92 Å². The van der Waals surface area contributed by atoms with Gasteiger partial charge in [-0.05, 0) is 44.4 Å². The Hall–Kier alpha value is -1.02. The van der Waals surface area contributed by atoms with Crippen LogP contribution in [0.25, 0.3) is 0 Å². The van der Waals surface area contributed by atoms with Gasteiger partial charge in [-0.1, -0.05) is 32.4 Å². The van der Waals surface area contributed by atoms with E-state index in [9.17, 15) is 0 Å². The second-order valence-electron chi connectivity index (χ2n) is 5.16. The molecule has 0 aliphatic carbocycles. The summed E-state index contributed by atoms with van der Waals surface area (Å²) in [4.78, 5) is 0. The molecule has 0 aliphatic heterocycles. The first-order valence-electron chi connectivity index (χ1n) is 6.88. The van der Waals surface area contributed by atoms with E-state index in [0.717, 1.165) is 5.75 Å². The number of hydrogen-bond acceptors (Lipinski definition) is 2. The minimum Gasteiger partial charge on any atom is -0.496 e. The van der Waals surface area contributed by atoms with E-state index in [1.165, 1.54) is 29.5 Å². The van der Waals surface area contributed by atoms with E-state index in [1.54, 1.807) is 7.11 Å². The van der Waals surface area contributed by atoms with E-state index in [-0.39, 0.29) is 0 Å². The molecule has 1 aromatic rings. The van der Waals surface area contributed by atoms with Crippen molar-refractivity contribution in [3.05, 3.63) is 28.8 Å². The zero-order valence-corrected chi connectivity index (χ0v) is 12.6. The highest BCUT2D eigenvalue weighted by molar-refractivity contribution is 5.47. The Kier molecular flexibility index (Phi) is 5.67. The van der Waals surface area contributed by atoms with Crippen molar-refractivity contribution >= 4 is 0 Å². The molecule has 0 aromatic heterocycles. The highest BCUT2D eigenvalue weighted by atomic mass is 16.5. The molecule has 0 amide bonds. The molecular weight excluding hydrogens is 222 g/mol. The van der Waals surface area contributed by atoms with Gasteiger partial charge in [-0.2, -0.15) is 0 Å². The highest BCUT2D eigenvalue weighted by Gasteiger charge is 2.21. The van der Waals surface area contributed by atoms with Crippen LogP contribution in [0.15, 0.2) is 12.1 Å². The van der Waals surface area contributed by atoms with E-state index in [0.29, 0.717) is 12.0 Å². The second-order valence-corrected chi connectivity index (χ2v) is 5.16. The Bertz CT molecular complexity index is 387. The topological polar surface area (TPSA) is 21.3 Å². The van der Waals surface area contributed by atoms with Crippen LogP contribution < -0.4 is 10.1 Å². The summed E-state index contributed by atoms with van der Waals surface area (Å²) in [7, 11) is 3.80. The van der Waals surface area contributed by atoms with Gasteiger partial charge in [0.25, 0.3) is 0 Å². The lowest BCUT2D eigenvalue weighted by Gasteiger charge is -2.26. The van der Waals surface area contributed by atoms with Gasteiger partial charge in [0, 0.05) is 11.6 Å². The van der Waals surface area contributed by atoms with Gasteiger partial charge in [-0.25, -0.2) is 0 Å². The third-order valence-electron chi connectivity index (χ3n) is 3.87. The molecule has 2 atom stereocenters. The smallest absolute Gasteiger partial charge is 0.126 e. The quantitative estimate of drug-likeness (QED) is 0.822. The molecule has 0 bridgehead atoms. The standard InChI is InChI=1S/C16H27NO/c1-7-8-12(3)15(17-5)14-10-9-11(2)13(4)16(14)18-6/h9-10,12,15,17H,7-8H2,1-6H3. The monoisotopic (exact) mass is 249 g/mol. The molecule has 0 heterocycles.